The summed E-state index contributed by atoms with van der Waals surface area (Å²) in [6, 6.07) is 14.6. The van der Waals surface area contributed by atoms with Crippen LogP contribution in [0, 0.1) is 6.92 Å². The molecule has 1 aliphatic rings. The number of nitrogens with one attached hydrogen (secondary N) is 1. The number of carbonyl (C=O) groups excluding carboxylic acids is 2. The molecule has 0 aliphatic carbocycles. The normalized spacial score (nSPS) is 20.9. The van der Waals surface area contributed by atoms with Crippen LogP contribution < -0.4 is 14.8 Å². The summed E-state index contributed by atoms with van der Waals surface area (Å²) in [5, 5.41) is 3.90. The Morgan fingerprint density at radius 2 is 1.63 bits per heavy atom. The second-order valence-electron chi connectivity index (χ2n) is 9.09. The molecule has 1 aliphatic heterocycles. The number of benzene rings is 2. The zero-order valence-corrected chi connectivity index (χ0v) is 23.4. The van der Waals surface area contributed by atoms with Gasteiger partial charge in [-0.15, -0.1) is 11.3 Å². The average Bonchev–Trinajstić information content (AvgIpc) is 3.33. The van der Waals surface area contributed by atoms with Crippen molar-refractivity contribution in [2.75, 3.05) is 28.4 Å². The van der Waals surface area contributed by atoms with Crippen molar-refractivity contribution >= 4 is 23.3 Å². The van der Waals surface area contributed by atoms with Gasteiger partial charge in [-0.2, -0.15) is 0 Å². The zero-order chi connectivity index (χ0) is 27.6. The fourth-order valence-electron chi connectivity index (χ4n) is 5.35. The molecule has 0 radical (unpaired) electrons. The van der Waals surface area contributed by atoms with Crippen molar-refractivity contribution in [3.8, 4) is 22.8 Å². The van der Waals surface area contributed by atoms with Gasteiger partial charge < -0.3 is 24.3 Å². The molecule has 4 rings (SSSR count). The van der Waals surface area contributed by atoms with Gasteiger partial charge in [0.1, 0.15) is 5.01 Å². The Morgan fingerprint density at radius 3 is 2.24 bits per heavy atom. The first-order chi connectivity index (χ1) is 18.2. The second-order valence-corrected chi connectivity index (χ2v) is 10.3. The topological polar surface area (TPSA) is 96.0 Å². The van der Waals surface area contributed by atoms with E-state index in [1.165, 1.54) is 25.6 Å². The number of methoxy groups -OCH3 is 4. The zero-order valence-electron chi connectivity index (χ0n) is 22.6. The molecule has 1 N–H and O–H groups in total. The monoisotopic (exact) mass is 536 g/mol. The number of aryl methyl sites for hydroxylation is 1. The summed E-state index contributed by atoms with van der Waals surface area (Å²) in [6.45, 7) is 5.69. The van der Waals surface area contributed by atoms with E-state index in [9.17, 15) is 9.59 Å². The number of hydrogen-bond donors (Lipinski definition) is 1. The summed E-state index contributed by atoms with van der Waals surface area (Å²) < 4.78 is 21.6. The van der Waals surface area contributed by atoms with E-state index in [1.54, 1.807) is 14.2 Å². The number of aromatic nitrogens is 1. The van der Waals surface area contributed by atoms with Crippen molar-refractivity contribution in [1.29, 1.82) is 0 Å². The highest BCUT2D eigenvalue weighted by Crippen LogP contribution is 2.52. The molecule has 2 heterocycles. The molecule has 0 bridgehead atoms. The third-order valence-corrected chi connectivity index (χ3v) is 8.25. The summed E-state index contributed by atoms with van der Waals surface area (Å²) in [7, 11) is 5.86. The lowest BCUT2D eigenvalue weighted by molar-refractivity contribution is -0.150. The van der Waals surface area contributed by atoms with E-state index in [2.05, 4.69) is 5.32 Å². The number of ether oxygens (including phenoxy) is 4. The van der Waals surface area contributed by atoms with E-state index in [4.69, 9.17) is 23.9 Å². The number of rotatable bonds is 7. The van der Waals surface area contributed by atoms with Gasteiger partial charge >= 0.3 is 11.9 Å². The van der Waals surface area contributed by atoms with Crippen LogP contribution in [-0.2, 0) is 24.5 Å². The number of nitrogens with zero attached hydrogens (tertiary/aromatic N) is 1. The van der Waals surface area contributed by atoms with E-state index in [-0.39, 0.29) is 0 Å². The smallest absolute Gasteiger partial charge is 0.336 e. The van der Waals surface area contributed by atoms with Crippen molar-refractivity contribution in [3.63, 3.8) is 0 Å². The quantitative estimate of drug-likeness (QED) is 0.432. The number of allylic oxidation sites excluding steroid dienone is 1. The summed E-state index contributed by atoms with van der Waals surface area (Å²) >= 11 is 1.41. The Bertz CT molecular complexity index is 1380. The number of thiazole rings is 1. The molecule has 0 fully saturated rings. The SMILES string of the molecule is COC(=O)C1=C(C)NC(C)C(C(=O)OC)(c2nc(-c3ccc(OC)c(OC)c3)c(C)s2)C1c1ccccc1. The first-order valence-electron chi connectivity index (χ1n) is 12.1. The molecular weight excluding hydrogens is 504 g/mol. The molecule has 38 heavy (non-hydrogen) atoms. The number of hydrogen-bond acceptors (Lipinski definition) is 9. The first-order valence-corrected chi connectivity index (χ1v) is 12.9. The third kappa shape index (κ3) is 4.30. The van der Waals surface area contributed by atoms with Crippen LogP contribution >= 0.6 is 11.3 Å². The highest BCUT2D eigenvalue weighted by molar-refractivity contribution is 7.12. The number of carbonyl (C=O) groups is 2. The van der Waals surface area contributed by atoms with Crippen LogP contribution in [0.25, 0.3) is 11.3 Å². The average molecular weight is 537 g/mol. The maximum absolute atomic E-state index is 14.0. The Morgan fingerprint density at radius 1 is 0.947 bits per heavy atom. The molecule has 3 aromatic rings. The molecule has 9 heteroatoms. The number of esters is 2. The minimum absolute atomic E-state index is 0.364. The molecule has 2 aromatic carbocycles. The predicted molar refractivity (Wildman–Crippen MR) is 146 cm³/mol. The lowest BCUT2D eigenvalue weighted by atomic mass is 9.62. The summed E-state index contributed by atoms with van der Waals surface area (Å²) in [4.78, 5) is 33.1. The maximum Gasteiger partial charge on any atom is 0.336 e. The van der Waals surface area contributed by atoms with Crippen LogP contribution in [0.2, 0.25) is 0 Å². The van der Waals surface area contributed by atoms with E-state index in [0.29, 0.717) is 33.5 Å². The highest BCUT2D eigenvalue weighted by atomic mass is 32.1. The van der Waals surface area contributed by atoms with Gasteiger partial charge in [-0.25, -0.2) is 9.78 Å². The van der Waals surface area contributed by atoms with E-state index in [0.717, 1.165) is 16.0 Å². The molecule has 1 aromatic heterocycles. The second kappa shape index (κ2) is 10.9. The molecule has 3 atom stereocenters. The largest absolute Gasteiger partial charge is 0.493 e. The lowest BCUT2D eigenvalue weighted by Crippen LogP contribution is -2.60. The summed E-state index contributed by atoms with van der Waals surface area (Å²) in [5.74, 6) is -0.537. The molecule has 3 unspecified atom stereocenters. The molecule has 0 spiro atoms. The van der Waals surface area contributed by atoms with Crippen LogP contribution in [0.4, 0.5) is 0 Å². The highest BCUT2D eigenvalue weighted by Gasteiger charge is 2.60. The van der Waals surface area contributed by atoms with Gasteiger partial charge in [0.15, 0.2) is 16.9 Å². The minimum Gasteiger partial charge on any atom is -0.493 e. The van der Waals surface area contributed by atoms with Crippen LogP contribution in [0.3, 0.4) is 0 Å². The fourth-order valence-corrected chi connectivity index (χ4v) is 6.58. The van der Waals surface area contributed by atoms with E-state index >= 15 is 0 Å². The Kier molecular flexibility index (Phi) is 7.78. The fraction of sp³-hybridized carbons (Fsp3) is 0.345. The standard InChI is InChI=1S/C29H32N2O6S/c1-16-23(26(32)36-6)24(19-11-9-8-10-12-19)29(18(3)30-16,28(33)37-7)27-31-25(17(2)38-27)20-13-14-21(34-4)22(15-20)35-5/h8-15,18,24,30H,1-7H3. The lowest BCUT2D eigenvalue weighted by Gasteiger charge is -2.46. The van der Waals surface area contributed by atoms with Crippen LogP contribution in [0.5, 0.6) is 11.5 Å². The van der Waals surface area contributed by atoms with E-state index in [1.807, 2.05) is 69.3 Å². The van der Waals surface area contributed by atoms with Crippen molar-refractivity contribution in [2.45, 2.75) is 38.1 Å². The molecule has 0 saturated heterocycles. The predicted octanol–water partition coefficient (Wildman–Crippen LogP) is 4.77. The van der Waals surface area contributed by atoms with Gasteiger partial charge in [0, 0.05) is 28.1 Å². The van der Waals surface area contributed by atoms with Gasteiger partial charge in [0.2, 0.25) is 0 Å². The molecule has 0 saturated carbocycles. The Hall–Kier alpha value is -3.85. The summed E-state index contributed by atoms with van der Waals surface area (Å²) in [6.07, 6.45) is 0. The molecule has 0 amide bonds. The molecule has 200 valence electrons. The minimum atomic E-state index is -1.36. The third-order valence-electron chi connectivity index (χ3n) is 7.13. The summed E-state index contributed by atoms with van der Waals surface area (Å²) in [5.41, 5.74) is 1.96. The van der Waals surface area contributed by atoms with Gasteiger partial charge in [-0.3, -0.25) is 4.79 Å². The van der Waals surface area contributed by atoms with Crippen molar-refractivity contribution in [1.82, 2.24) is 10.3 Å². The molecule has 8 nitrogen and oxygen atoms in total. The van der Waals surface area contributed by atoms with Gasteiger partial charge in [0.05, 0.1) is 39.7 Å². The molecular formula is C29H32N2O6S. The first kappa shape index (κ1) is 27.2. The Labute approximate surface area is 226 Å². The van der Waals surface area contributed by atoms with Gasteiger partial charge in [-0.1, -0.05) is 30.3 Å². The van der Waals surface area contributed by atoms with Gasteiger partial charge in [0.25, 0.3) is 0 Å². The van der Waals surface area contributed by atoms with Crippen molar-refractivity contribution in [3.05, 3.63) is 75.2 Å². The maximum atomic E-state index is 14.0. The van der Waals surface area contributed by atoms with Crippen LogP contribution in [0.1, 0.15) is 35.2 Å². The van der Waals surface area contributed by atoms with Crippen molar-refractivity contribution < 1.29 is 28.5 Å². The van der Waals surface area contributed by atoms with Gasteiger partial charge in [-0.05, 0) is 44.5 Å². The van der Waals surface area contributed by atoms with E-state index < -0.39 is 29.3 Å². The van der Waals surface area contributed by atoms with Crippen LogP contribution in [-0.4, -0.2) is 51.4 Å². The van der Waals surface area contributed by atoms with Crippen molar-refractivity contribution in [2.24, 2.45) is 0 Å². The Balaban J connectivity index is 2.02. The van der Waals surface area contributed by atoms with Crippen LogP contribution in [0.15, 0.2) is 59.8 Å².